The number of alkyl halides is 1. The van der Waals surface area contributed by atoms with Gasteiger partial charge in [-0.05, 0) is 43.0 Å². The summed E-state index contributed by atoms with van der Waals surface area (Å²) in [4.78, 5) is 28.0. The second-order valence-corrected chi connectivity index (χ2v) is 8.43. The van der Waals surface area contributed by atoms with E-state index in [1.165, 1.54) is 6.42 Å². The number of hydrogen-bond acceptors (Lipinski definition) is 3. The average Bonchev–Trinajstić information content (AvgIpc) is 2.80. The number of carbonyl (C=O) groups excluding carboxylic acids is 2. The molecule has 31 heavy (non-hydrogen) atoms. The molecule has 2 amide bonds. The summed E-state index contributed by atoms with van der Waals surface area (Å²) in [7, 11) is 1.60. The molecule has 0 bridgehead atoms. The lowest BCUT2D eigenvalue weighted by Crippen LogP contribution is -2.47. The quantitative estimate of drug-likeness (QED) is 0.599. The molecule has 6 heteroatoms. The second-order valence-electron chi connectivity index (χ2n) is 8.16. The van der Waals surface area contributed by atoms with Crippen LogP contribution in [0.1, 0.15) is 54.8 Å². The van der Waals surface area contributed by atoms with Crippen LogP contribution in [0.3, 0.4) is 0 Å². The Morgan fingerprint density at radius 2 is 1.84 bits per heavy atom. The van der Waals surface area contributed by atoms with Crippen molar-refractivity contribution in [2.75, 3.05) is 13.0 Å². The number of halogens is 1. The number of amides is 2. The van der Waals surface area contributed by atoms with Crippen LogP contribution in [0.4, 0.5) is 0 Å². The fourth-order valence-electron chi connectivity index (χ4n) is 4.12. The summed E-state index contributed by atoms with van der Waals surface area (Å²) in [5.74, 6) is 0.0727. The smallest absolute Gasteiger partial charge is 0.247 e. The number of nitrogens with one attached hydrogen (secondary N) is 1. The third kappa shape index (κ3) is 6.23. The number of methoxy groups -OCH3 is 1. The van der Waals surface area contributed by atoms with Gasteiger partial charge in [0, 0.05) is 12.6 Å². The van der Waals surface area contributed by atoms with Crippen molar-refractivity contribution in [3.05, 3.63) is 65.2 Å². The maximum atomic E-state index is 13.5. The van der Waals surface area contributed by atoms with Gasteiger partial charge < -0.3 is 15.0 Å². The molecule has 0 saturated heterocycles. The average molecular weight is 443 g/mol. The number of carbonyl (C=O) groups is 2. The Labute approximate surface area is 189 Å². The third-order valence-electron chi connectivity index (χ3n) is 5.83. The predicted molar refractivity (Wildman–Crippen MR) is 123 cm³/mol. The Morgan fingerprint density at radius 1 is 1.13 bits per heavy atom. The molecule has 3 rings (SSSR count). The SMILES string of the molecule is COc1cccc(CN(C(=O)CCl)[C@H](C(=O)NC2CCCCC2)c2ccc(C)cc2)c1. The highest BCUT2D eigenvalue weighted by Crippen LogP contribution is 2.27. The van der Waals surface area contributed by atoms with Crippen LogP contribution >= 0.6 is 11.6 Å². The van der Waals surface area contributed by atoms with E-state index in [0.717, 1.165) is 42.4 Å². The molecular weight excluding hydrogens is 412 g/mol. The van der Waals surface area contributed by atoms with Gasteiger partial charge >= 0.3 is 0 Å². The minimum absolute atomic E-state index is 0.152. The summed E-state index contributed by atoms with van der Waals surface area (Å²) in [6.07, 6.45) is 5.40. The topological polar surface area (TPSA) is 58.6 Å². The summed E-state index contributed by atoms with van der Waals surface area (Å²) >= 11 is 5.98. The van der Waals surface area contributed by atoms with Crippen LogP contribution < -0.4 is 10.1 Å². The normalized spacial score (nSPS) is 15.2. The number of rotatable bonds is 8. The van der Waals surface area contributed by atoms with Crippen LogP contribution in [0.25, 0.3) is 0 Å². The fraction of sp³-hybridized carbons (Fsp3) is 0.440. The lowest BCUT2D eigenvalue weighted by Gasteiger charge is -2.33. The molecule has 1 aliphatic rings. The number of ether oxygens (including phenoxy) is 1. The summed E-state index contributed by atoms with van der Waals surface area (Å²) in [5.41, 5.74) is 2.75. The van der Waals surface area contributed by atoms with Crippen LogP contribution in [-0.2, 0) is 16.1 Å². The molecule has 1 saturated carbocycles. The highest BCUT2D eigenvalue weighted by atomic mass is 35.5. The number of benzene rings is 2. The molecular formula is C25H31ClN2O3. The van der Waals surface area contributed by atoms with E-state index in [1.54, 1.807) is 12.0 Å². The number of nitrogens with zero attached hydrogens (tertiary/aromatic N) is 1. The first-order chi connectivity index (χ1) is 15.0. The van der Waals surface area contributed by atoms with Crippen molar-refractivity contribution >= 4 is 23.4 Å². The van der Waals surface area contributed by atoms with E-state index < -0.39 is 6.04 Å². The summed E-state index contributed by atoms with van der Waals surface area (Å²) < 4.78 is 5.32. The van der Waals surface area contributed by atoms with E-state index in [1.807, 2.05) is 55.5 Å². The molecule has 1 N–H and O–H groups in total. The Bertz CT molecular complexity index is 879. The molecule has 1 atom stereocenters. The molecule has 0 radical (unpaired) electrons. The fourth-order valence-corrected chi connectivity index (χ4v) is 4.27. The highest BCUT2D eigenvalue weighted by molar-refractivity contribution is 6.27. The van der Waals surface area contributed by atoms with Crippen molar-refractivity contribution in [3.8, 4) is 5.75 Å². The van der Waals surface area contributed by atoms with Gasteiger partial charge in [0.15, 0.2) is 0 Å². The van der Waals surface area contributed by atoms with Gasteiger partial charge in [-0.1, -0.05) is 61.2 Å². The van der Waals surface area contributed by atoms with Crippen molar-refractivity contribution in [1.82, 2.24) is 10.2 Å². The lowest BCUT2D eigenvalue weighted by molar-refractivity contribution is -0.140. The molecule has 0 unspecified atom stereocenters. The summed E-state index contributed by atoms with van der Waals surface area (Å²) in [5, 5.41) is 3.20. The Morgan fingerprint density at radius 3 is 2.48 bits per heavy atom. The van der Waals surface area contributed by atoms with Crippen LogP contribution in [0, 0.1) is 6.92 Å². The van der Waals surface area contributed by atoms with Gasteiger partial charge in [-0.2, -0.15) is 0 Å². The van der Waals surface area contributed by atoms with E-state index in [0.29, 0.717) is 5.75 Å². The monoisotopic (exact) mass is 442 g/mol. The summed E-state index contributed by atoms with van der Waals surface area (Å²) in [6, 6.07) is 14.7. The second kappa shape index (κ2) is 11.2. The Hall–Kier alpha value is -2.53. The molecule has 2 aromatic carbocycles. The van der Waals surface area contributed by atoms with Crippen LogP contribution in [-0.4, -0.2) is 35.7 Å². The minimum Gasteiger partial charge on any atom is -0.497 e. The van der Waals surface area contributed by atoms with Gasteiger partial charge in [0.1, 0.15) is 17.7 Å². The predicted octanol–water partition coefficient (Wildman–Crippen LogP) is 4.76. The van der Waals surface area contributed by atoms with Crippen molar-refractivity contribution in [3.63, 3.8) is 0 Å². The van der Waals surface area contributed by atoms with Crippen molar-refractivity contribution < 1.29 is 14.3 Å². The maximum absolute atomic E-state index is 13.5. The van der Waals surface area contributed by atoms with Crippen LogP contribution in [0.2, 0.25) is 0 Å². The molecule has 0 aromatic heterocycles. The molecule has 1 fully saturated rings. The van der Waals surface area contributed by atoms with Gasteiger partial charge in [0.2, 0.25) is 11.8 Å². The molecule has 0 aliphatic heterocycles. The van der Waals surface area contributed by atoms with Crippen LogP contribution in [0.15, 0.2) is 48.5 Å². The zero-order valence-electron chi connectivity index (χ0n) is 18.3. The largest absolute Gasteiger partial charge is 0.497 e. The van der Waals surface area contributed by atoms with E-state index >= 15 is 0 Å². The first kappa shape index (κ1) is 23.1. The van der Waals surface area contributed by atoms with Gasteiger partial charge in [-0.25, -0.2) is 0 Å². The number of hydrogen-bond donors (Lipinski definition) is 1. The first-order valence-electron chi connectivity index (χ1n) is 10.9. The summed E-state index contributed by atoms with van der Waals surface area (Å²) in [6.45, 7) is 2.26. The van der Waals surface area contributed by atoms with Crippen molar-refractivity contribution in [2.24, 2.45) is 0 Å². The first-order valence-corrected chi connectivity index (χ1v) is 11.4. The van der Waals surface area contributed by atoms with Gasteiger partial charge in [0.25, 0.3) is 0 Å². The molecule has 0 spiro atoms. The minimum atomic E-state index is -0.750. The lowest BCUT2D eigenvalue weighted by atomic mass is 9.94. The van der Waals surface area contributed by atoms with E-state index in [-0.39, 0.29) is 30.3 Å². The number of aryl methyl sites for hydroxylation is 1. The van der Waals surface area contributed by atoms with Crippen molar-refractivity contribution in [2.45, 2.75) is 57.7 Å². The van der Waals surface area contributed by atoms with Gasteiger partial charge in [0.05, 0.1) is 7.11 Å². The third-order valence-corrected chi connectivity index (χ3v) is 6.06. The molecule has 166 valence electrons. The maximum Gasteiger partial charge on any atom is 0.247 e. The van der Waals surface area contributed by atoms with E-state index in [2.05, 4.69) is 5.32 Å². The standard InChI is InChI=1S/C25H31ClN2O3/c1-18-11-13-20(14-12-18)24(25(30)27-21-8-4-3-5-9-21)28(23(29)16-26)17-19-7-6-10-22(15-19)31-2/h6-7,10-15,21,24H,3-5,8-9,16-17H2,1-2H3,(H,27,30)/t24-/m0/s1. The van der Waals surface area contributed by atoms with Gasteiger partial charge in [-0.3, -0.25) is 9.59 Å². The van der Waals surface area contributed by atoms with Gasteiger partial charge in [-0.15, -0.1) is 11.6 Å². The highest BCUT2D eigenvalue weighted by Gasteiger charge is 2.32. The Balaban J connectivity index is 1.94. The molecule has 5 nitrogen and oxygen atoms in total. The van der Waals surface area contributed by atoms with E-state index in [9.17, 15) is 9.59 Å². The van der Waals surface area contributed by atoms with E-state index in [4.69, 9.17) is 16.3 Å². The molecule has 2 aromatic rings. The zero-order valence-corrected chi connectivity index (χ0v) is 19.0. The van der Waals surface area contributed by atoms with Crippen molar-refractivity contribution in [1.29, 1.82) is 0 Å². The van der Waals surface area contributed by atoms with Crippen LogP contribution in [0.5, 0.6) is 5.75 Å². The molecule has 0 heterocycles. The molecule has 1 aliphatic carbocycles. The Kier molecular flexibility index (Phi) is 8.35. The zero-order chi connectivity index (χ0) is 22.2.